The van der Waals surface area contributed by atoms with Crippen LogP contribution >= 0.6 is 11.3 Å². The first-order valence-electron chi connectivity index (χ1n) is 7.80. The average Bonchev–Trinajstić information content (AvgIpc) is 2.90. The van der Waals surface area contributed by atoms with Crippen molar-refractivity contribution in [1.82, 2.24) is 4.98 Å². The van der Waals surface area contributed by atoms with Crippen molar-refractivity contribution in [3.8, 4) is 5.75 Å². The Kier molecular flexibility index (Phi) is 4.53. The second-order valence-corrected chi connectivity index (χ2v) is 7.04. The average molecular weight is 340 g/mol. The maximum absolute atomic E-state index is 12.2. The number of nitrogens with zero attached hydrogens (tertiary/aromatic N) is 1. The number of nitrogens with one attached hydrogen (secondary N) is 1. The Morgan fingerprint density at radius 3 is 2.50 bits per heavy atom. The molecule has 4 nitrogen and oxygen atoms in total. The number of carbonyl (C=O) groups excluding carboxylic acids is 1. The molecule has 124 valence electrons. The van der Waals surface area contributed by atoms with Gasteiger partial charge in [-0.15, -0.1) is 0 Å². The van der Waals surface area contributed by atoms with Gasteiger partial charge in [-0.25, -0.2) is 4.98 Å². The fourth-order valence-electron chi connectivity index (χ4n) is 2.83. The van der Waals surface area contributed by atoms with E-state index in [0.29, 0.717) is 5.13 Å². The van der Waals surface area contributed by atoms with Crippen molar-refractivity contribution in [1.29, 1.82) is 0 Å². The van der Waals surface area contributed by atoms with E-state index in [0.717, 1.165) is 32.7 Å². The second-order valence-electron chi connectivity index (χ2n) is 6.01. The molecule has 0 atom stereocenters. The number of aromatic nitrogens is 1. The van der Waals surface area contributed by atoms with Gasteiger partial charge < -0.3 is 4.74 Å². The lowest BCUT2D eigenvalue weighted by Gasteiger charge is -2.12. The number of hydrogen-bond donors (Lipinski definition) is 1. The third-order valence-electron chi connectivity index (χ3n) is 3.82. The zero-order chi connectivity index (χ0) is 17.3. The quantitative estimate of drug-likeness (QED) is 0.758. The maximum Gasteiger partial charge on any atom is 0.264 e. The smallest absolute Gasteiger partial charge is 0.264 e. The highest BCUT2D eigenvalue weighted by Gasteiger charge is 2.11. The zero-order valence-corrected chi connectivity index (χ0v) is 15.1. The summed E-state index contributed by atoms with van der Waals surface area (Å²) < 4.78 is 6.79. The molecule has 3 aromatic rings. The summed E-state index contributed by atoms with van der Waals surface area (Å²) in [4.78, 5) is 16.7. The van der Waals surface area contributed by atoms with E-state index in [2.05, 4.69) is 22.4 Å². The van der Waals surface area contributed by atoms with Crippen LogP contribution in [-0.4, -0.2) is 17.5 Å². The Morgan fingerprint density at radius 1 is 1.12 bits per heavy atom. The predicted octanol–water partition coefficient (Wildman–Crippen LogP) is 4.55. The van der Waals surface area contributed by atoms with Crippen LogP contribution in [-0.2, 0) is 4.79 Å². The number of aryl methyl sites for hydroxylation is 4. The summed E-state index contributed by atoms with van der Waals surface area (Å²) in [6, 6.07) is 10.1. The molecule has 1 aromatic heterocycles. The first kappa shape index (κ1) is 16.5. The van der Waals surface area contributed by atoms with Crippen molar-refractivity contribution in [2.75, 3.05) is 11.9 Å². The van der Waals surface area contributed by atoms with Gasteiger partial charge in [0.05, 0.1) is 10.2 Å². The molecule has 3 rings (SSSR count). The topological polar surface area (TPSA) is 51.2 Å². The predicted molar refractivity (Wildman–Crippen MR) is 99.1 cm³/mol. The van der Waals surface area contributed by atoms with Crippen LogP contribution in [0.15, 0.2) is 30.3 Å². The number of amides is 1. The third kappa shape index (κ3) is 3.41. The van der Waals surface area contributed by atoms with E-state index in [1.54, 1.807) is 0 Å². The van der Waals surface area contributed by atoms with E-state index in [1.807, 2.05) is 45.9 Å². The molecule has 5 heteroatoms. The van der Waals surface area contributed by atoms with Crippen LogP contribution in [0.4, 0.5) is 5.13 Å². The lowest BCUT2D eigenvalue weighted by atomic mass is 10.1. The molecular weight excluding hydrogens is 320 g/mol. The Balaban J connectivity index is 1.68. The van der Waals surface area contributed by atoms with E-state index >= 15 is 0 Å². The summed E-state index contributed by atoms with van der Waals surface area (Å²) in [7, 11) is 0. The molecule has 2 aromatic carbocycles. The highest BCUT2D eigenvalue weighted by Crippen LogP contribution is 2.28. The molecule has 1 amide bonds. The molecule has 0 aliphatic carbocycles. The maximum atomic E-state index is 12.2. The van der Waals surface area contributed by atoms with Crippen molar-refractivity contribution >= 4 is 32.6 Å². The molecule has 0 saturated heterocycles. The van der Waals surface area contributed by atoms with Gasteiger partial charge in [0.1, 0.15) is 5.75 Å². The van der Waals surface area contributed by atoms with Gasteiger partial charge in [-0.1, -0.05) is 41.2 Å². The lowest BCUT2D eigenvalue weighted by molar-refractivity contribution is -0.118. The van der Waals surface area contributed by atoms with Crippen LogP contribution in [0, 0.1) is 27.7 Å². The van der Waals surface area contributed by atoms with Crippen molar-refractivity contribution in [2.24, 2.45) is 0 Å². The van der Waals surface area contributed by atoms with Gasteiger partial charge in [-0.3, -0.25) is 10.1 Å². The van der Waals surface area contributed by atoms with Gasteiger partial charge in [-0.2, -0.15) is 0 Å². The van der Waals surface area contributed by atoms with E-state index < -0.39 is 0 Å². The number of hydrogen-bond acceptors (Lipinski definition) is 4. The first-order valence-corrected chi connectivity index (χ1v) is 8.62. The van der Waals surface area contributed by atoms with Gasteiger partial charge >= 0.3 is 0 Å². The van der Waals surface area contributed by atoms with Crippen LogP contribution in [0.25, 0.3) is 10.2 Å². The Bertz CT molecular complexity index is 892. The molecule has 0 unspecified atom stereocenters. The summed E-state index contributed by atoms with van der Waals surface area (Å²) in [6.07, 6.45) is 0. The molecular formula is C19H20N2O2S. The van der Waals surface area contributed by atoms with Gasteiger partial charge in [0.2, 0.25) is 0 Å². The highest BCUT2D eigenvalue weighted by atomic mass is 32.1. The number of benzene rings is 2. The van der Waals surface area contributed by atoms with E-state index in [-0.39, 0.29) is 12.5 Å². The minimum absolute atomic E-state index is 0.0281. The fourth-order valence-corrected chi connectivity index (χ4v) is 3.79. The summed E-state index contributed by atoms with van der Waals surface area (Å²) in [6.45, 7) is 8.01. The molecule has 0 saturated carbocycles. The van der Waals surface area contributed by atoms with Gasteiger partial charge in [0.15, 0.2) is 11.7 Å². The summed E-state index contributed by atoms with van der Waals surface area (Å²) >= 11 is 1.47. The van der Waals surface area contributed by atoms with Crippen LogP contribution in [0.3, 0.4) is 0 Å². The molecule has 0 bridgehead atoms. The number of anilines is 1. The largest absolute Gasteiger partial charge is 0.483 e. The SMILES string of the molecule is Cc1cc(C)c(OCC(=O)Nc2nc3c(C)cccc3s2)c(C)c1. The third-order valence-corrected chi connectivity index (χ3v) is 4.76. The van der Waals surface area contributed by atoms with Crippen LogP contribution in [0.2, 0.25) is 0 Å². The van der Waals surface area contributed by atoms with Crippen LogP contribution in [0.1, 0.15) is 22.3 Å². The van der Waals surface area contributed by atoms with E-state index in [1.165, 1.54) is 16.9 Å². The molecule has 24 heavy (non-hydrogen) atoms. The molecule has 0 fully saturated rings. The van der Waals surface area contributed by atoms with Crippen molar-refractivity contribution in [3.63, 3.8) is 0 Å². The number of rotatable bonds is 4. The van der Waals surface area contributed by atoms with Crippen LogP contribution in [0.5, 0.6) is 5.75 Å². The van der Waals surface area contributed by atoms with Crippen molar-refractivity contribution < 1.29 is 9.53 Å². The van der Waals surface area contributed by atoms with Gasteiger partial charge in [0.25, 0.3) is 5.91 Å². The van der Waals surface area contributed by atoms with Gasteiger partial charge in [-0.05, 0) is 50.5 Å². The molecule has 1 N–H and O–H groups in total. The number of fused-ring (bicyclic) bond motifs is 1. The highest BCUT2D eigenvalue weighted by molar-refractivity contribution is 7.22. The molecule has 0 radical (unpaired) electrons. The minimum atomic E-state index is -0.203. The molecule has 1 heterocycles. The summed E-state index contributed by atoms with van der Waals surface area (Å²) in [5, 5.41) is 3.42. The van der Waals surface area contributed by atoms with Gasteiger partial charge in [0, 0.05) is 0 Å². The number of ether oxygens (including phenoxy) is 1. The Morgan fingerprint density at radius 2 is 1.83 bits per heavy atom. The Labute approximate surface area is 145 Å². The first-order chi connectivity index (χ1) is 11.4. The monoisotopic (exact) mass is 340 g/mol. The zero-order valence-electron chi connectivity index (χ0n) is 14.3. The standard InChI is InChI=1S/C19H20N2O2S/c1-11-8-13(3)18(14(4)9-11)23-10-16(22)20-19-21-17-12(2)6-5-7-15(17)24-19/h5-9H,10H2,1-4H3,(H,20,21,22). The summed E-state index contributed by atoms with van der Waals surface area (Å²) in [5.41, 5.74) is 5.30. The van der Waals surface area contributed by atoms with Crippen LogP contribution < -0.4 is 10.1 Å². The van der Waals surface area contributed by atoms with E-state index in [9.17, 15) is 4.79 Å². The normalized spacial score (nSPS) is 10.8. The molecule has 0 aliphatic rings. The lowest BCUT2D eigenvalue weighted by Crippen LogP contribution is -2.20. The van der Waals surface area contributed by atoms with Crippen molar-refractivity contribution in [3.05, 3.63) is 52.6 Å². The number of thiazole rings is 1. The molecule has 0 spiro atoms. The number of para-hydroxylation sites is 1. The summed E-state index contributed by atoms with van der Waals surface area (Å²) in [5.74, 6) is 0.571. The second kappa shape index (κ2) is 6.61. The minimum Gasteiger partial charge on any atom is -0.483 e. The van der Waals surface area contributed by atoms with Crippen molar-refractivity contribution in [2.45, 2.75) is 27.7 Å². The number of carbonyl (C=O) groups is 1. The molecule has 0 aliphatic heterocycles. The fraction of sp³-hybridized carbons (Fsp3) is 0.263. The Hall–Kier alpha value is -2.40. The van der Waals surface area contributed by atoms with E-state index in [4.69, 9.17) is 4.74 Å².